The van der Waals surface area contributed by atoms with Crippen molar-refractivity contribution < 1.29 is 9.84 Å². The zero-order chi connectivity index (χ0) is 15.2. The number of hydrogen-bond donors (Lipinski definition) is 1. The van der Waals surface area contributed by atoms with Crippen LogP contribution in [0.4, 0.5) is 0 Å². The second-order valence-electron chi connectivity index (χ2n) is 6.06. The van der Waals surface area contributed by atoms with Crippen molar-refractivity contribution >= 4 is 11.8 Å². The summed E-state index contributed by atoms with van der Waals surface area (Å²) < 4.78 is 5.87. The van der Waals surface area contributed by atoms with Crippen LogP contribution in [0, 0.1) is 5.41 Å². The lowest BCUT2D eigenvalue weighted by Gasteiger charge is -2.19. The van der Waals surface area contributed by atoms with Gasteiger partial charge in [-0.3, -0.25) is 4.99 Å². The van der Waals surface area contributed by atoms with Crippen LogP contribution in [0.15, 0.2) is 29.4 Å². The molecule has 1 aromatic rings. The molecule has 1 N–H and O–H groups in total. The summed E-state index contributed by atoms with van der Waals surface area (Å²) in [6.45, 7) is 11.1. The largest absolute Gasteiger partial charge is 0.508 e. The van der Waals surface area contributed by atoms with Crippen LogP contribution in [0.3, 0.4) is 0 Å². The molecule has 0 unspecified atom stereocenters. The highest BCUT2D eigenvalue weighted by Gasteiger charge is 2.12. The first-order valence-electron chi connectivity index (χ1n) is 6.94. The van der Waals surface area contributed by atoms with Gasteiger partial charge in [0.15, 0.2) is 0 Å². The summed E-state index contributed by atoms with van der Waals surface area (Å²) in [4.78, 5) is 4.11. The Morgan fingerprint density at radius 1 is 1.35 bits per heavy atom. The van der Waals surface area contributed by atoms with Crippen LogP contribution in [-0.2, 0) is 0 Å². The van der Waals surface area contributed by atoms with Gasteiger partial charge in [0.2, 0.25) is 0 Å². The number of phenolic OH excluding ortho intramolecular Hbond substituents is 1. The SMILES string of the molecule is CC=N/C=C(\C)c1cc(O)ccc1OCCC(C)(C)C. The Morgan fingerprint density at radius 3 is 2.65 bits per heavy atom. The van der Waals surface area contributed by atoms with Crippen LogP contribution < -0.4 is 4.74 Å². The van der Waals surface area contributed by atoms with Gasteiger partial charge < -0.3 is 9.84 Å². The van der Waals surface area contributed by atoms with E-state index in [1.165, 1.54) is 0 Å². The van der Waals surface area contributed by atoms with Gasteiger partial charge in [0.25, 0.3) is 0 Å². The smallest absolute Gasteiger partial charge is 0.127 e. The van der Waals surface area contributed by atoms with Gasteiger partial charge in [0.05, 0.1) is 6.61 Å². The van der Waals surface area contributed by atoms with Crippen molar-refractivity contribution in [1.29, 1.82) is 0 Å². The minimum Gasteiger partial charge on any atom is -0.508 e. The van der Waals surface area contributed by atoms with E-state index in [0.29, 0.717) is 6.61 Å². The van der Waals surface area contributed by atoms with Crippen molar-refractivity contribution in [2.45, 2.75) is 41.0 Å². The molecule has 0 aliphatic heterocycles. The Kier molecular flexibility index (Phi) is 5.81. The summed E-state index contributed by atoms with van der Waals surface area (Å²) in [6.07, 6.45) is 4.47. The summed E-state index contributed by atoms with van der Waals surface area (Å²) in [5.74, 6) is 1.02. The monoisotopic (exact) mass is 275 g/mol. The van der Waals surface area contributed by atoms with Crippen molar-refractivity contribution in [2.75, 3.05) is 6.61 Å². The van der Waals surface area contributed by atoms with Gasteiger partial charge in [0.1, 0.15) is 11.5 Å². The number of aromatic hydroxyl groups is 1. The molecule has 0 bridgehead atoms. The molecule has 0 fully saturated rings. The maximum Gasteiger partial charge on any atom is 0.127 e. The number of rotatable bonds is 5. The predicted octanol–water partition coefficient (Wildman–Crippen LogP) is 4.66. The molecule has 0 aliphatic rings. The highest BCUT2D eigenvalue weighted by Crippen LogP contribution is 2.30. The van der Waals surface area contributed by atoms with Crippen molar-refractivity contribution in [2.24, 2.45) is 10.4 Å². The summed E-state index contributed by atoms with van der Waals surface area (Å²) in [6, 6.07) is 5.16. The number of allylic oxidation sites excluding steroid dienone is 1. The first-order chi connectivity index (χ1) is 9.33. The Bertz CT molecular complexity index is 496. The van der Waals surface area contributed by atoms with E-state index in [0.717, 1.165) is 23.3 Å². The minimum atomic E-state index is 0.233. The maximum atomic E-state index is 9.65. The van der Waals surface area contributed by atoms with E-state index >= 15 is 0 Å². The summed E-state index contributed by atoms with van der Waals surface area (Å²) in [5, 5.41) is 9.65. The van der Waals surface area contributed by atoms with Crippen LogP contribution in [0.2, 0.25) is 0 Å². The van der Waals surface area contributed by atoms with E-state index in [-0.39, 0.29) is 11.2 Å². The quantitative estimate of drug-likeness (QED) is 0.794. The third-order valence-electron chi connectivity index (χ3n) is 2.91. The molecule has 3 nitrogen and oxygen atoms in total. The first kappa shape index (κ1) is 16.3. The number of nitrogens with zero attached hydrogens (tertiary/aromatic N) is 1. The Hall–Kier alpha value is -1.77. The van der Waals surface area contributed by atoms with Crippen molar-refractivity contribution in [3.8, 4) is 11.5 Å². The fraction of sp³-hybridized carbons (Fsp3) is 0.471. The summed E-state index contributed by atoms with van der Waals surface area (Å²) in [7, 11) is 0. The van der Waals surface area contributed by atoms with E-state index < -0.39 is 0 Å². The molecular formula is C17H25NO2. The molecule has 0 saturated carbocycles. The minimum absolute atomic E-state index is 0.233. The molecule has 0 radical (unpaired) electrons. The lowest BCUT2D eigenvalue weighted by molar-refractivity contribution is 0.242. The van der Waals surface area contributed by atoms with Crippen molar-refractivity contribution in [3.63, 3.8) is 0 Å². The Balaban J connectivity index is 2.90. The van der Waals surface area contributed by atoms with Gasteiger partial charge in [-0.15, -0.1) is 0 Å². The normalized spacial score (nSPS) is 12.9. The Labute approximate surface area is 122 Å². The molecule has 0 spiro atoms. The maximum absolute atomic E-state index is 9.65. The number of hydrogen-bond acceptors (Lipinski definition) is 3. The van der Waals surface area contributed by atoms with Crippen LogP contribution in [0.1, 0.15) is 46.6 Å². The second-order valence-corrected chi connectivity index (χ2v) is 6.06. The molecule has 0 saturated heterocycles. The molecule has 0 aliphatic carbocycles. The van der Waals surface area contributed by atoms with E-state index in [1.54, 1.807) is 30.6 Å². The van der Waals surface area contributed by atoms with E-state index in [1.807, 2.05) is 13.8 Å². The molecule has 3 heteroatoms. The van der Waals surface area contributed by atoms with Crippen LogP contribution in [-0.4, -0.2) is 17.9 Å². The zero-order valence-electron chi connectivity index (χ0n) is 13.1. The van der Waals surface area contributed by atoms with Crippen LogP contribution in [0.25, 0.3) is 5.57 Å². The molecule has 110 valence electrons. The summed E-state index contributed by atoms with van der Waals surface area (Å²) in [5.41, 5.74) is 2.09. The van der Waals surface area contributed by atoms with Gasteiger partial charge in [-0.1, -0.05) is 20.8 Å². The number of aliphatic imine (C=N–C) groups is 1. The first-order valence-corrected chi connectivity index (χ1v) is 6.94. The van der Waals surface area contributed by atoms with Crippen molar-refractivity contribution in [1.82, 2.24) is 0 Å². The lowest BCUT2D eigenvalue weighted by Crippen LogP contribution is -2.11. The summed E-state index contributed by atoms with van der Waals surface area (Å²) >= 11 is 0. The van der Waals surface area contributed by atoms with Gasteiger partial charge in [0, 0.05) is 18.0 Å². The molecule has 0 amide bonds. The fourth-order valence-corrected chi connectivity index (χ4v) is 1.68. The van der Waals surface area contributed by atoms with Gasteiger partial charge in [-0.25, -0.2) is 0 Å². The van der Waals surface area contributed by atoms with E-state index in [2.05, 4.69) is 25.8 Å². The van der Waals surface area contributed by atoms with Gasteiger partial charge in [-0.05, 0) is 49.5 Å². The van der Waals surface area contributed by atoms with E-state index in [9.17, 15) is 5.11 Å². The van der Waals surface area contributed by atoms with E-state index in [4.69, 9.17) is 4.74 Å². The number of ether oxygens (including phenoxy) is 1. The predicted molar refractivity (Wildman–Crippen MR) is 85.5 cm³/mol. The second kappa shape index (κ2) is 7.13. The fourth-order valence-electron chi connectivity index (χ4n) is 1.68. The molecule has 0 heterocycles. The highest BCUT2D eigenvalue weighted by atomic mass is 16.5. The molecule has 0 atom stereocenters. The third kappa shape index (κ3) is 5.47. The lowest BCUT2D eigenvalue weighted by atomic mass is 9.93. The molecule has 0 aromatic heterocycles. The average Bonchev–Trinajstić information content (AvgIpc) is 2.36. The van der Waals surface area contributed by atoms with Gasteiger partial charge in [-0.2, -0.15) is 0 Å². The van der Waals surface area contributed by atoms with Gasteiger partial charge >= 0.3 is 0 Å². The molecular weight excluding hydrogens is 250 g/mol. The van der Waals surface area contributed by atoms with Crippen LogP contribution in [0.5, 0.6) is 11.5 Å². The van der Waals surface area contributed by atoms with Crippen LogP contribution >= 0.6 is 0 Å². The third-order valence-corrected chi connectivity index (χ3v) is 2.91. The molecule has 1 rings (SSSR count). The highest BCUT2D eigenvalue weighted by molar-refractivity contribution is 5.71. The molecule has 1 aromatic carbocycles. The zero-order valence-corrected chi connectivity index (χ0v) is 13.1. The number of phenols is 1. The molecule has 20 heavy (non-hydrogen) atoms. The number of benzene rings is 1. The Morgan fingerprint density at radius 2 is 2.05 bits per heavy atom. The topological polar surface area (TPSA) is 41.8 Å². The standard InChI is InChI=1S/C17H25NO2/c1-6-18-12-13(2)15-11-14(19)7-8-16(15)20-10-9-17(3,4)5/h6-8,11-12,19H,9-10H2,1-5H3/b13-12+,18-6?. The van der Waals surface area contributed by atoms with Crippen molar-refractivity contribution in [3.05, 3.63) is 30.0 Å². The average molecular weight is 275 g/mol.